The summed E-state index contributed by atoms with van der Waals surface area (Å²) in [7, 11) is 0. The highest BCUT2D eigenvalue weighted by atomic mass is 19.1. The van der Waals surface area contributed by atoms with Gasteiger partial charge in [-0.15, -0.1) is 0 Å². The Morgan fingerprint density at radius 3 is 2.44 bits per heavy atom. The fraction of sp³-hybridized carbons (Fsp3) is 0.0556. The summed E-state index contributed by atoms with van der Waals surface area (Å²) in [5.41, 5.74) is 1.23. The maximum Gasteiger partial charge on any atom is 0.329 e. The molecule has 0 saturated carbocycles. The Morgan fingerprint density at radius 1 is 1.08 bits per heavy atom. The predicted octanol–water partition coefficient (Wildman–Crippen LogP) is 2.36. The van der Waals surface area contributed by atoms with Gasteiger partial charge in [0, 0.05) is 5.69 Å². The van der Waals surface area contributed by atoms with E-state index in [9.17, 15) is 18.8 Å². The van der Waals surface area contributed by atoms with Gasteiger partial charge in [-0.3, -0.25) is 9.59 Å². The zero-order valence-electron chi connectivity index (χ0n) is 13.0. The first-order chi connectivity index (χ1) is 12.0. The highest BCUT2D eigenvalue weighted by molar-refractivity contribution is 6.15. The van der Waals surface area contributed by atoms with Crippen molar-refractivity contribution in [2.45, 2.75) is 0 Å². The first-order valence-electron chi connectivity index (χ1n) is 7.48. The molecule has 0 unspecified atom stereocenters. The Bertz CT molecular complexity index is 848. The van der Waals surface area contributed by atoms with E-state index in [2.05, 4.69) is 10.6 Å². The van der Waals surface area contributed by atoms with Crippen LogP contribution in [0.1, 0.15) is 5.56 Å². The van der Waals surface area contributed by atoms with Crippen LogP contribution in [0.5, 0.6) is 0 Å². The number of rotatable bonds is 4. The molecule has 0 aromatic heterocycles. The normalized spacial score (nSPS) is 15.4. The molecule has 6 nitrogen and oxygen atoms in total. The number of anilines is 1. The van der Waals surface area contributed by atoms with Gasteiger partial charge in [0.1, 0.15) is 18.1 Å². The molecular formula is C18H14FN3O3. The van der Waals surface area contributed by atoms with E-state index in [0.717, 1.165) is 10.5 Å². The third-order valence-electron chi connectivity index (χ3n) is 3.50. The average molecular weight is 339 g/mol. The molecule has 2 aromatic rings. The first kappa shape index (κ1) is 16.4. The van der Waals surface area contributed by atoms with Gasteiger partial charge in [-0.25, -0.2) is 14.1 Å². The number of amides is 4. The number of hydrogen-bond acceptors (Lipinski definition) is 3. The summed E-state index contributed by atoms with van der Waals surface area (Å²) < 4.78 is 12.9. The van der Waals surface area contributed by atoms with Crippen LogP contribution in [0.2, 0.25) is 0 Å². The van der Waals surface area contributed by atoms with Gasteiger partial charge in [0.25, 0.3) is 5.91 Å². The fourth-order valence-corrected chi connectivity index (χ4v) is 2.31. The molecule has 1 aliphatic heterocycles. The molecule has 3 rings (SSSR count). The van der Waals surface area contributed by atoms with Crippen LogP contribution >= 0.6 is 0 Å². The molecule has 25 heavy (non-hydrogen) atoms. The second-order valence-corrected chi connectivity index (χ2v) is 5.35. The summed E-state index contributed by atoms with van der Waals surface area (Å²) in [6, 6.07) is 13.5. The molecule has 0 spiro atoms. The summed E-state index contributed by atoms with van der Waals surface area (Å²) in [5, 5.41) is 4.95. The van der Waals surface area contributed by atoms with Gasteiger partial charge < -0.3 is 10.6 Å². The van der Waals surface area contributed by atoms with Crippen molar-refractivity contribution in [3.63, 3.8) is 0 Å². The molecule has 1 heterocycles. The molecule has 2 N–H and O–H groups in total. The maximum atomic E-state index is 12.9. The standard InChI is InChI=1S/C18H14FN3O3/c19-13-6-8-14(9-7-13)20-16(23)11-22-17(24)15(21-18(22)25)10-12-4-2-1-3-5-12/h1-10H,11H2,(H,20,23)(H,21,25). The molecule has 1 saturated heterocycles. The number of carbonyl (C=O) groups is 3. The highest BCUT2D eigenvalue weighted by Crippen LogP contribution is 2.14. The van der Waals surface area contributed by atoms with Crippen molar-refractivity contribution in [3.8, 4) is 0 Å². The number of imide groups is 1. The van der Waals surface area contributed by atoms with Crippen LogP contribution in [-0.4, -0.2) is 29.3 Å². The van der Waals surface area contributed by atoms with E-state index in [-0.39, 0.29) is 5.70 Å². The molecule has 1 aliphatic rings. The number of hydrogen-bond donors (Lipinski definition) is 2. The van der Waals surface area contributed by atoms with E-state index in [4.69, 9.17) is 0 Å². The quantitative estimate of drug-likeness (QED) is 0.663. The van der Waals surface area contributed by atoms with Gasteiger partial charge in [0.2, 0.25) is 5.91 Å². The maximum absolute atomic E-state index is 12.9. The lowest BCUT2D eigenvalue weighted by molar-refractivity contribution is -0.127. The zero-order valence-corrected chi connectivity index (χ0v) is 13.0. The topological polar surface area (TPSA) is 78.5 Å². The van der Waals surface area contributed by atoms with Gasteiger partial charge in [-0.1, -0.05) is 30.3 Å². The lowest BCUT2D eigenvalue weighted by Crippen LogP contribution is -2.38. The van der Waals surface area contributed by atoms with E-state index in [0.29, 0.717) is 5.69 Å². The summed E-state index contributed by atoms with van der Waals surface area (Å²) in [6.07, 6.45) is 1.54. The van der Waals surface area contributed by atoms with Crippen molar-refractivity contribution >= 4 is 29.6 Å². The number of urea groups is 1. The van der Waals surface area contributed by atoms with Crippen LogP contribution in [-0.2, 0) is 9.59 Å². The molecule has 0 atom stereocenters. The van der Waals surface area contributed by atoms with Crippen molar-refractivity contribution in [2.24, 2.45) is 0 Å². The van der Waals surface area contributed by atoms with Crippen LogP contribution in [0.15, 0.2) is 60.3 Å². The molecule has 126 valence electrons. The van der Waals surface area contributed by atoms with Crippen LogP contribution < -0.4 is 10.6 Å². The molecule has 0 bridgehead atoms. The summed E-state index contributed by atoms with van der Waals surface area (Å²) in [4.78, 5) is 37.1. The SMILES string of the molecule is O=C(CN1C(=O)NC(=Cc2ccccc2)C1=O)Nc1ccc(F)cc1. The summed E-state index contributed by atoms with van der Waals surface area (Å²) in [6.45, 7) is -0.436. The average Bonchev–Trinajstić information content (AvgIpc) is 2.85. The summed E-state index contributed by atoms with van der Waals surface area (Å²) in [5.74, 6) is -1.57. The number of nitrogens with one attached hydrogen (secondary N) is 2. The predicted molar refractivity (Wildman–Crippen MR) is 89.7 cm³/mol. The highest BCUT2D eigenvalue weighted by Gasteiger charge is 2.34. The monoisotopic (exact) mass is 339 g/mol. The van der Waals surface area contributed by atoms with E-state index >= 15 is 0 Å². The zero-order chi connectivity index (χ0) is 17.8. The second-order valence-electron chi connectivity index (χ2n) is 5.35. The third kappa shape index (κ3) is 3.89. The second kappa shape index (κ2) is 6.96. The number of halogens is 1. The van der Waals surface area contributed by atoms with Crippen molar-refractivity contribution in [1.29, 1.82) is 0 Å². The molecule has 0 aliphatic carbocycles. The van der Waals surface area contributed by atoms with Gasteiger partial charge in [-0.05, 0) is 35.9 Å². The number of nitrogens with zero attached hydrogens (tertiary/aromatic N) is 1. The number of benzene rings is 2. The van der Waals surface area contributed by atoms with E-state index in [1.54, 1.807) is 12.1 Å². The van der Waals surface area contributed by atoms with Gasteiger partial charge in [0.05, 0.1) is 0 Å². The number of carbonyl (C=O) groups excluding carboxylic acids is 3. The van der Waals surface area contributed by atoms with Crippen LogP contribution in [0, 0.1) is 5.82 Å². The largest absolute Gasteiger partial charge is 0.329 e. The molecule has 4 amide bonds. The van der Waals surface area contributed by atoms with E-state index < -0.39 is 30.2 Å². The van der Waals surface area contributed by atoms with Crippen LogP contribution in [0.25, 0.3) is 6.08 Å². The van der Waals surface area contributed by atoms with Gasteiger partial charge >= 0.3 is 6.03 Å². The lowest BCUT2D eigenvalue weighted by atomic mass is 10.2. The van der Waals surface area contributed by atoms with Crippen molar-refractivity contribution in [2.75, 3.05) is 11.9 Å². The minimum Gasteiger partial charge on any atom is -0.325 e. The summed E-state index contributed by atoms with van der Waals surface area (Å²) >= 11 is 0. The first-order valence-corrected chi connectivity index (χ1v) is 7.48. The lowest BCUT2D eigenvalue weighted by Gasteiger charge is -2.11. The van der Waals surface area contributed by atoms with Crippen molar-refractivity contribution in [1.82, 2.24) is 10.2 Å². The Labute approximate surface area is 142 Å². The third-order valence-corrected chi connectivity index (χ3v) is 3.50. The Morgan fingerprint density at radius 2 is 1.76 bits per heavy atom. The Hall–Kier alpha value is -3.48. The Balaban J connectivity index is 1.67. The smallest absolute Gasteiger partial charge is 0.325 e. The molecular weight excluding hydrogens is 325 g/mol. The van der Waals surface area contributed by atoms with Crippen LogP contribution in [0.4, 0.5) is 14.9 Å². The minimum atomic E-state index is -0.665. The Kier molecular flexibility index (Phi) is 4.56. The molecule has 7 heteroatoms. The molecule has 1 fully saturated rings. The van der Waals surface area contributed by atoms with Crippen molar-refractivity contribution < 1.29 is 18.8 Å². The molecule has 2 aromatic carbocycles. The van der Waals surface area contributed by atoms with Crippen LogP contribution in [0.3, 0.4) is 0 Å². The van der Waals surface area contributed by atoms with Gasteiger partial charge in [-0.2, -0.15) is 0 Å². The van der Waals surface area contributed by atoms with Crippen molar-refractivity contribution in [3.05, 3.63) is 71.7 Å². The van der Waals surface area contributed by atoms with E-state index in [1.807, 2.05) is 18.2 Å². The minimum absolute atomic E-state index is 0.103. The molecule has 0 radical (unpaired) electrons. The van der Waals surface area contributed by atoms with E-state index in [1.165, 1.54) is 30.3 Å². The fourth-order valence-electron chi connectivity index (χ4n) is 2.31. The van der Waals surface area contributed by atoms with Gasteiger partial charge in [0.15, 0.2) is 0 Å².